The highest BCUT2D eigenvalue weighted by Crippen LogP contribution is 2.55. The fraction of sp³-hybridized carbons (Fsp3) is 0.214. The van der Waals surface area contributed by atoms with Gasteiger partial charge in [-0.25, -0.2) is 4.79 Å². The van der Waals surface area contributed by atoms with E-state index in [1.165, 1.54) is 28.3 Å². The normalized spacial score (nSPS) is 20.2. The Labute approximate surface area is 191 Å². The minimum absolute atomic E-state index is 0.0867. The minimum Gasteiger partial charge on any atom is -0.484 e. The van der Waals surface area contributed by atoms with E-state index in [2.05, 4.69) is 53.8 Å². The lowest BCUT2D eigenvalue weighted by Crippen LogP contribution is -2.40. The van der Waals surface area contributed by atoms with Crippen LogP contribution in [0.2, 0.25) is 0 Å². The van der Waals surface area contributed by atoms with Crippen LogP contribution in [0.4, 0.5) is 0 Å². The molecular weight excluding hydrogens is 414 g/mol. The Kier molecular flexibility index (Phi) is 4.75. The summed E-state index contributed by atoms with van der Waals surface area (Å²) in [5, 5.41) is 3.88. The molecule has 0 aliphatic heterocycles. The van der Waals surface area contributed by atoms with Crippen LogP contribution in [0.25, 0.3) is 11.0 Å². The molecule has 0 saturated carbocycles. The number of hydrogen-bond acceptors (Lipinski definition) is 4. The molecular formula is C28H23NO4. The second kappa shape index (κ2) is 7.93. The highest BCUT2D eigenvalue weighted by Gasteiger charge is 2.42. The van der Waals surface area contributed by atoms with Crippen LogP contribution in [0.5, 0.6) is 5.75 Å². The fourth-order valence-electron chi connectivity index (χ4n) is 5.54. The van der Waals surface area contributed by atoms with E-state index in [-0.39, 0.29) is 12.5 Å². The third kappa shape index (κ3) is 3.50. The lowest BCUT2D eigenvalue weighted by atomic mass is 9.59. The Morgan fingerprint density at radius 3 is 2.30 bits per heavy atom. The van der Waals surface area contributed by atoms with Gasteiger partial charge in [-0.15, -0.1) is 0 Å². The van der Waals surface area contributed by atoms with Crippen LogP contribution in [0, 0.1) is 5.92 Å². The Morgan fingerprint density at radius 1 is 0.909 bits per heavy atom. The van der Waals surface area contributed by atoms with E-state index in [1.807, 2.05) is 0 Å². The van der Waals surface area contributed by atoms with Gasteiger partial charge in [0.2, 0.25) is 0 Å². The molecule has 1 atom stereocenters. The zero-order chi connectivity index (χ0) is 22.4. The summed E-state index contributed by atoms with van der Waals surface area (Å²) in [6, 6.07) is 25.7. The third-order valence-corrected chi connectivity index (χ3v) is 6.95. The second-order valence-corrected chi connectivity index (χ2v) is 8.83. The first kappa shape index (κ1) is 19.8. The molecule has 0 fully saturated rings. The summed E-state index contributed by atoms with van der Waals surface area (Å²) in [5.74, 6) is 1.36. The van der Waals surface area contributed by atoms with Crippen molar-refractivity contribution in [1.29, 1.82) is 0 Å². The number of ether oxygens (including phenoxy) is 1. The van der Waals surface area contributed by atoms with Crippen LogP contribution < -0.4 is 15.7 Å². The van der Waals surface area contributed by atoms with Crippen molar-refractivity contribution in [2.45, 2.75) is 18.3 Å². The monoisotopic (exact) mass is 437 g/mol. The van der Waals surface area contributed by atoms with E-state index < -0.39 is 5.63 Å². The SMILES string of the molecule is O=C(COc1ccc2ccc(=O)oc2c1)NCC1CC2c3ccccc3C1c1ccccc12. The number of hydrogen-bond donors (Lipinski definition) is 1. The average molecular weight is 437 g/mol. The molecule has 5 heteroatoms. The fourth-order valence-corrected chi connectivity index (χ4v) is 5.54. The van der Waals surface area contributed by atoms with Gasteiger partial charge in [0.05, 0.1) is 0 Å². The quantitative estimate of drug-likeness (QED) is 0.464. The van der Waals surface area contributed by atoms with Crippen molar-refractivity contribution >= 4 is 16.9 Å². The van der Waals surface area contributed by atoms with Crippen LogP contribution in [0.15, 0.2) is 88.1 Å². The smallest absolute Gasteiger partial charge is 0.336 e. The summed E-state index contributed by atoms with van der Waals surface area (Å²) in [5.41, 5.74) is 5.66. The van der Waals surface area contributed by atoms with Gasteiger partial charge in [-0.1, -0.05) is 48.5 Å². The molecule has 4 aromatic rings. The van der Waals surface area contributed by atoms with Crippen LogP contribution in [-0.4, -0.2) is 19.1 Å². The Hall–Kier alpha value is -3.86. The molecule has 164 valence electrons. The molecule has 5 nitrogen and oxygen atoms in total. The molecule has 0 radical (unpaired) electrons. The molecule has 1 aromatic heterocycles. The first-order valence-corrected chi connectivity index (χ1v) is 11.3. The van der Waals surface area contributed by atoms with Crippen molar-refractivity contribution in [2.75, 3.05) is 13.2 Å². The molecule has 1 amide bonds. The Balaban J connectivity index is 1.14. The van der Waals surface area contributed by atoms with E-state index in [1.54, 1.807) is 24.3 Å². The van der Waals surface area contributed by atoms with E-state index in [4.69, 9.17) is 9.15 Å². The molecule has 0 saturated heterocycles. The first-order chi connectivity index (χ1) is 16.2. The maximum atomic E-state index is 12.6. The largest absolute Gasteiger partial charge is 0.484 e. The summed E-state index contributed by atoms with van der Waals surface area (Å²) in [4.78, 5) is 24.0. The lowest BCUT2D eigenvalue weighted by Gasteiger charge is -2.45. The molecule has 3 aliphatic rings. The van der Waals surface area contributed by atoms with Gasteiger partial charge in [0.1, 0.15) is 11.3 Å². The molecule has 3 aromatic carbocycles. The topological polar surface area (TPSA) is 68.5 Å². The predicted molar refractivity (Wildman–Crippen MR) is 126 cm³/mol. The van der Waals surface area contributed by atoms with Gasteiger partial charge in [0, 0.05) is 35.9 Å². The number of amides is 1. The highest BCUT2D eigenvalue weighted by molar-refractivity contribution is 5.79. The van der Waals surface area contributed by atoms with E-state index in [9.17, 15) is 9.59 Å². The number of benzene rings is 3. The first-order valence-electron chi connectivity index (χ1n) is 11.3. The van der Waals surface area contributed by atoms with Crippen molar-refractivity contribution in [3.8, 4) is 5.75 Å². The number of nitrogens with one attached hydrogen (secondary N) is 1. The molecule has 7 rings (SSSR count). The third-order valence-electron chi connectivity index (χ3n) is 6.95. The van der Waals surface area contributed by atoms with Crippen molar-refractivity contribution in [3.63, 3.8) is 0 Å². The van der Waals surface area contributed by atoms with Crippen LogP contribution >= 0.6 is 0 Å². The van der Waals surface area contributed by atoms with Crippen molar-refractivity contribution in [2.24, 2.45) is 5.92 Å². The van der Waals surface area contributed by atoms with Crippen molar-refractivity contribution < 1.29 is 13.9 Å². The maximum Gasteiger partial charge on any atom is 0.336 e. The van der Waals surface area contributed by atoms with E-state index in [0.717, 1.165) is 11.8 Å². The second-order valence-electron chi connectivity index (χ2n) is 8.83. The summed E-state index contributed by atoms with van der Waals surface area (Å²) in [6.45, 7) is 0.523. The number of carbonyl (C=O) groups excluding carboxylic acids is 1. The van der Waals surface area contributed by atoms with Gasteiger partial charge >= 0.3 is 5.63 Å². The van der Waals surface area contributed by atoms with Gasteiger partial charge in [-0.05, 0) is 52.8 Å². The summed E-state index contributed by atoms with van der Waals surface area (Å²) < 4.78 is 10.8. The van der Waals surface area contributed by atoms with Gasteiger partial charge < -0.3 is 14.5 Å². The molecule has 1 unspecified atom stereocenters. The molecule has 3 aliphatic carbocycles. The molecule has 1 heterocycles. The predicted octanol–water partition coefficient (Wildman–Crippen LogP) is 4.59. The maximum absolute atomic E-state index is 12.6. The van der Waals surface area contributed by atoms with Gasteiger partial charge in [-0.3, -0.25) is 4.79 Å². The molecule has 2 bridgehead atoms. The Morgan fingerprint density at radius 2 is 1.58 bits per heavy atom. The molecule has 0 spiro atoms. The number of carbonyl (C=O) groups is 1. The number of rotatable bonds is 5. The lowest BCUT2D eigenvalue weighted by molar-refractivity contribution is -0.123. The number of fused-ring (bicyclic) bond motifs is 2. The molecule has 33 heavy (non-hydrogen) atoms. The zero-order valence-electron chi connectivity index (χ0n) is 18.0. The summed E-state index contributed by atoms with van der Waals surface area (Å²) >= 11 is 0. The summed E-state index contributed by atoms with van der Waals surface area (Å²) in [6.07, 6.45) is 1.03. The Bertz CT molecular complexity index is 1380. The minimum atomic E-state index is -0.415. The summed E-state index contributed by atoms with van der Waals surface area (Å²) in [7, 11) is 0. The van der Waals surface area contributed by atoms with Crippen molar-refractivity contribution in [1.82, 2.24) is 5.32 Å². The van der Waals surface area contributed by atoms with Crippen molar-refractivity contribution in [3.05, 3.63) is 112 Å². The van der Waals surface area contributed by atoms with Crippen LogP contribution in [0.1, 0.15) is 40.5 Å². The molecule has 1 N–H and O–H groups in total. The van der Waals surface area contributed by atoms with E-state index >= 15 is 0 Å². The van der Waals surface area contributed by atoms with Gasteiger partial charge in [0.25, 0.3) is 5.91 Å². The zero-order valence-corrected chi connectivity index (χ0v) is 18.0. The van der Waals surface area contributed by atoms with Gasteiger partial charge in [-0.2, -0.15) is 0 Å². The van der Waals surface area contributed by atoms with E-state index in [0.29, 0.717) is 35.6 Å². The van der Waals surface area contributed by atoms with Crippen LogP contribution in [-0.2, 0) is 4.79 Å². The highest BCUT2D eigenvalue weighted by atomic mass is 16.5. The van der Waals surface area contributed by atoms with Crippen LogP contribution in [0.3, 0.4) is 0 Å². The average Bonchev–Trinajstić information content (AvgIpc) is 2.86. The standard InChI is InChI=1S/C28H23NO4/c30-26(16-32-19-11-9-17-10-12-27(31)33-25(17)14-19)29-15-18-13-24-20-5-1-3-7-22(20)28(18)23-8-4-2-6-21(23)24/h1-12,14,18,24,28H,13,15-16H2,(H,29,30). The van der Waals surface area contributed by atoms with Gasteiger partial charge in [0.15, 0.2) is 6.61 Å².